The molecule has 0 unspecified atom stereocenters. The summed E-state index contributed by atoms with van der Waals surface area (Å²) in [6.07, 6.45) is 1.46. The molecule has 0 saturated carbocycles. The standard InChI is InChI=1S/C12H11BrN2O3/c1-17-9-5-7(8(13)6-10(9)18-2)12-14-4-3-11(16)15-12/h3-6H,1-2H3,(H,14,15,16). The summed E-state index contributed by atoms with van der Waals surface area (Å²) in [6, 6.07) is 4.88. The maximum Gasteiger partial charge on any atom is 0.251 e. The number of ether oxygens (including phenoxy) is 2. The second-order valence-electron chi connectivity index (χ2n) is 3.47. The van der Waals surface area contributed by atoms with Gasteiger partial charge < -0.3 is 14.5 Å². The lowest BCUT2D eigenvalue weighted by molar-refractivity contribution is 0.355. The van der Waals surface area contributed by atoms with E-state index in [1.807, 2.05) is 0 Å². The molecular formula is C12H11BrN2O3. The highest BCUT2D eigenvalue weighted by atomic mass is 79.9. The van der Waals surface area contributed by atoms with E-state index in [4.69, 9.17) is 9.47 Å². The van der Waals surface area contributed by atoms with E-state index in [1.54, 1.807) is 26.4 Å². The first-order valence-corrected chi connectivity index (χ1v) is 5.92. The molecular weight excluding hydrogens is 300 g/mol. The zero-order valence-electron chi connectivity index (χ0n) is 9.86. The second-order valence-corrected chi connectivity index (χ2v) is 4.32. The predicted octanol–water partition coefficient (Wildman–Crippen LogP) is 2.22. The first-order chi connectivity index (χ1) is 8.65. The van der Waals surface area contributed by atoms with Gasteiger partial charge >= 0.3 is 0 Å². The Hall–Kier alpha value is -1.82. The fourth-order valence-corrected chi connectivity index (χ4v) is 2.05. The van der Waals surface area contributed by atoms with Gasteiger partial charge in [0.05, 0.1) is 14.2 Å². The summed E-state index contributed by atoms with van der Waals surface area (Å²) < 4.78 is 11.2. The van der Waals surface area contributed by atoms with Crippen LogP contribution in [0.4, 0.5) is 0 Å². The molecule has 0 atom stereocenters. The molecule has 1 heterocycles. The molecule has 1 aromatic carbocycles. The fourth-order valence-electron chi connectivity index (χ4n) is 1.54. The van der Waals surface area contributed by atoms with Crippen LogP contribution < -0.4 is 15.0 Å². The Morgan fingerprint density at radius 1 is 1.22 bits per heavy atom. The molecule has 0 bridgehead atoms. The minimum atomic E-state index is -0.207. The fraction of sp³-hybridized carbons (Fsp3) is 0.167. The molecule has 0 amide bonds. The highest BCUT2D eigenvalue weighted by molar-refractivity contribution is 9.10. The maximum absolute atomic E-state index is 11.3. The van der Waals surface area contributed by atoms with E-state index < -0.39 is 0 Å². The van der Waals surface area contributed by atoms with Crippen molar-refractivity contribution >= 4 is 15.9 Å². The van der Waals surface area contributed by atoms with Crippen LogP contribution in [-0.4, -0.2) is 24.2 Å². The number of hydrogen-bond acceptors (Lipinski definition) is 4. The molecule has 0 spiro atoms. The minimum absolute atomic E-state index is 0.207. The molecule has 0 aliphatic carbocycles. The molecule has 0 aliphatic heterocycles. The molecule has 2 aromatic rings. The molecule has 0 radical (unpaired) electrons. The number of benzene rings is 1. The van der Waals surface area contributed by atoms with Crippen LogP contribution >= 0.6 is 15.9 Å². The summed E-state index contributed by atoms with van der Waals surface area (Å²) in [4.78, 5) is 18.1. The Balaban J connectivity index is 2.61. The molecule has 1 aromatic heterocycles. The number of halogens is 1. The molecule has 5 nitrogen and oxygen atoms in total. The van der Waals surface area contributed by atoms with Crippen LogP contribution in [0.3, 0.4) is 0 Å². The highest BCUT2D eigenvalue weighted by Crippen LogP contribution is 2.36. The number of rotatable bonds is 3. The van der Waals surface area contributed by atoms with Gasteiger partial charge in [-0.25, -0.2) is 4.98 Å². The Bertz CT molecular complexity index is 625. The van der Waals surface area contributed by atoms with Crippen molar-refractivity contribution < 1.29 is 9.47 Å². The molecule has 0 fully saturated rings. The molecule has 0 aliphatic rings. The van der Waals surface area contributed by atoms with Crippen LogP contribution in [0.25, 0.3) is 11.4 Å². The number of aromatic nitrogens is 2. The lowest BCUT2D eigenvalue weighted by Crippen LogP contribution is -2.06. The Kier molecular flexibility index (Phi) is 3.66. The van der Waals surface area contributed by atoms with Crippen LogP contribution in [0.1, 0.15) is 0 Å². The molecule has 2 rings (SSSR count). The van der Waals surface area contributed by atoms with E-state index in [0.29, 0.717) is 17.3 Å². The zero-order chi connectivity index (χ0) is 13.1. The number of methoxy groups -OCH3 is 2. The SMILES string of the molecule is COc1cc(Br)c(-c2nccc(=O)[nH]2)cc1OC. The first kappa shape index (κ1) is 12.6. The quantitative estimate of drug-likeness (QED) is 0.944. The number of nitrogens with zero attached hydrogens (tertiary/aromatic N) is 1. The number of nitrogens with one attached hydrogen (secondary N) is 1. The second kappa shape index (κ2) is 5.22. The van der Waals surface area contributed by atoms with Gasteiger partial charge in [0.1, 0.15) is 5.82 Å². The lowest BCUT2D eigenvalue weighted by Gasteiger charge is -2.11. The Morgan fingerprint density at radius 3 is 2.50 bits per heavy atom. The van der Waals surface area contributed by atoms with E-state index in [2.05, 4.69) is 25.9 Å². The van der Waals surface area contributed by atoms with E-state index in [1.165, 1.54) is 12.3 Å². The van der Waals surface area contributed by atoms with Crippen LogP contribution in [0.15, 0.2) is 33.7 Å². The zero-order valence-corrected chi connectivity index (χ0v) is 11.4. The monoisotopic (exact) mass is 310 g/mol. The van der Waals surface area contributed by atoms with Crippen molar-refractivity contribution in [3.8, 4) is 22.9 Å². The van der Waals surface area contributed by atoms with Crippen LogP contribution in [0, 0.1) is 0 Å². The van der Waals surface area contributed by atoms with Crippen LogP contribution in [-0.2, 0) is 0 Å². The minimum Gasteiger partial charge on any atom is -0.493 e. The Labute approximate surface area is 112 Å². The predicted molar refractivity (Wildman–Crippen MR) is 71.1 cm³/mol. The van der Waals surface area contributed by atoms with Crippen molar-refractivity contribution in [3.05, 3.63) is 39.2 Å². The smallest absolute Gasteiger partial charge is 0.251 e. The summed E-state index contributed by atoms with van der Waals surface area (Å²) in [6.45, 7) is 0. The van der Waals surface area contributed by atoms with E-state index >= 15 is 0 Å². The van der Waals surface area contributed by atoms with Gasteiger partial charge in [-0.2, -0.15) is 0 Å². The summed E-state index contributed by atoms with van der Waals surface area (Å²) in [5.74, 6) is 1.64. The van der Waals surface area contributed by atoms with Gasteiger partial charge in [-0.15, -0.1) is 0 Å². The molecule has 6 heteroatoms. The van der Waals surface area contributed by atoms with Crippen LogP contribution in [0.2, 0.25) is 0 Å². The number of H-pyrrole nitrogens is 1. The highest BCUT2D eigenvalue weighted by Gasteiger charge is 2.12. The van der Waals surface area contributed by atoms with E-state index in [0.717, 1.165) is 10.0 Å². The average molecular weight is 311 g/mol. The van der Waals surface area contributed by atoms with Gasteiger partial charge in [-0.05, 0) is 28.1 Å². The molecule has 94 valence electrons. The van der Waals surface area contributed by atoms with Crippen molar-refractivity contribution in [3.63, 3.8) is 0 Å². The van der Waals surface area contributed by atoms with Gasteiger partial charge in [-0.1, -0.05) is 0 Å². The largest absolute Gasteiger partial charge is 0.493 e. The third-order valence-corrected chi connectivity index (χ3v) is 3.06. The molecule has 0 saturated heterocycles. The number of hydrogen-bond donors (Lipinski definition) is 1. The average Bonchev–Trinajstić information content (AvgIpc) is 2.38. The third-order valence-electron chi connectivity index (χ3n) is 2.40. The van der Waals surface area contributed by atoms with E-state index in [9.17, 15) is 4.79 Å². The Morgan fingerprint density at radius 2 is 1.89 bits per heavy atom. The normalized spacial score (nSPS) is 10.2. The lowest BCUT2D eigenvalue weighted by atomic mass is 10.2. The summed E-state index contributed by atoms with van der Waals surface area (Å²) in [5, 5.41) is 0. The summed E-state index contributed by atoms with van der Waals surface area (Å²) in [5.41, 5.74) is 0.520. The van der Waals surface area contributed by atoms with Crippen molar-refractivity contribution in [2.45, 2.75) is 0 Å². The topological polar surface area (TPSA) is 64.2 Å². The first-order valence-electron chi connectivity index (χ1n) is 5.13. The van der Waals surface area contributed by atoms with Gasteiger partial charge in [0.2, 0.25) is 0 Å². The molecule has 1 N–H and O–H groups in total. The van der Waals surface area contributed by atoms with Gasteiger partial charge in [0.15, 0.2) is 11.5 Å². The van der Waals surface area contributed by atoms with Crippen molar-refractivity contribution in [1.29, 1.82) is 0 Å². The van der Waals surface area contributed by atoms with Crippen molar-refractivity contribution in [1.82, 2.24) is 9.97 Å². The van der Waals surface area contributed by atoms with Gasteiger partial charge in [0.25, 0.3) is 5.56 Å². The maximum atomic E-state index is 11.3. The van der Waals surface area contributed by atoms with Crippen molar-refractivity contribution in [2.75, 3.05) is 14.2 Å². The van der Waals surface area contributed by atoms with Gasteiger partial charge in [-0.3, -0.25) is 4.79 Å². The number of aromatic amines is 1. The van der Waals surface area contributed by atoms with Crippen LogP contribution in [0.5, 0.6) is 11.5 Å². The molecule has 18 heavy (non-hydrogen) atoms. The third kappa shape index (κ3) is 2.38. The van der Waals surface area contributed by atoms with Gasteiger partial charge in [0, 0.05) is 22.3 Å². The summed E-state index contributed by atoms with van der Waals surface area (Å²) in [7, 11) is 3.11. The van der Waals surface area contributed by atoms with Crippen molar-refractivity contribution in [2.24, 2.45) is 0 Å². The summed E-state index contributed by atoms with van der Waals surface area (Å²) >= 11 is 3.41. The van der Waals surface area contributed by atoms with E-state index in [-0.39, 0.29) is 5.56 Å².